The third-order valence-corrected chi connectivity index (χ3v) is 4.06. The lowest BCUT2D eigenvalue weighted by Crippen LogP contribution is -2.47. The molecule has 1 aromatic carbocycles. The first-order valence-electron chi connectivity index (χ1n) is 7.65. The molecule has 1 saturated heterocycles. The number of likely N-dealkylation sites (N-methyl/N-ethyl adjacent to an activating group) is 1. The van der Waals surface area contributed by atoms with Crippen LogP contribution in [-0.2, 0) is 13.1 Å². The third-order valence-electron chi connectivity index (χ3n) is 4.06. The summed E-state index contributed by atoms with van der Waals surface area (Å²) in [5.41, 5.74) is 7.32. The maximum atomic E-state index is 13.4. The van der Waals surface area contributed by atoms with Gasteiger partial charge in [0.2, 0.25) is 0 Å². The molecule has 4 nitrogen and oxygen atoms in total. The minimum absolute atomic E-state index is 0.199. The highest BCUT2D eigenvalue weighted by Gasteiger charge is 2.17. The van der Waals surface area contributed by atoms with E-state index in [1.54, 1.807) is 0 Å². The SMILES string of the molecule is CN(C)CCN1CCN(Cc2ccc(F)c(CN)c2)CC1. The summed E-state index contributed by atoms with van der Waals surface area (Å²) in [5.74, 6) is -0.199. The van der Waals surface area contributed by atoms with Crippen LogP contribution in [0.4, 0.5) is 4.39 Å². The fraction of sp³-hybridized carbons (Fsp3) is 0.625. The summed E-state index contributed by atoms with van der Waals surface area (Å²) >= 11 is 0. The first kappa shape index (κ1) is 16.4. The molecule has 21 heavy (non-hydrogen) atoms. The van der Waals surface area contributed by atoms with Crippen LogP contribution >= 0.6 is 0 Å². The van der Waals surface area contributed by atoms with Crippen LogP contribution < -0.4 is 5.73 Å². The van der Waals surface area contributed by atoms with Crippen molar-refractivity contribution in [2.24, 2.45) is 5.73 Å². The van der Waals surface area contributed by atoms with Crippen LogP contribution in [0.3, 0.4) is 0 Å². The summed E-state index contributed by atoms with van der Waals surface area (Å²) in [6.07, 6.45) is 0. The quantitative estimate of drug-likeness (QED) is 0.848. The van der Waals surface area contributed by atoms with Gasteiger partial charge in [-0.05, 0) is 25.7 Å². The molecule has 1 aromatic rings. The van der Waals surface area contributed by atoms with Crippen LogP contribution in [0.2, 0.25) is 0 Å². The first-order chi connectivity index (χ1) is 10.1. The molecule has 1 heterocycles. The molecule has 0 saturated carbocycles. The molecular formula is C16H27FN4. The molecule has 0 aliphatic carbocycles. The Morgan fingerprint density at radius 1 is 1.14 bits per heavy atom. The highest BCUT2D eigenvalue weighted by molar-refractivity contribution is 5.25. The van der Waals surface area contributed by atoms with E-state index in [0.717, 1.165) is 51.4 Å². The van der Waals surface area contributed by atoms with Crippen LogP contribution in [0.5, 0.6) is 0 Å². The highest BCUT2D eigenvalue weighted by atomic mass is 19.1. The van der Waals surface area contributed by atoms with Crippen molar-refractivity contribution >= 4 is 0 Å². The monoisotopic (exact) mass is 294 g/mol. The van der Waals surface area contributed by atoms with Crippen molar-refractivity contribution in [3.05, 3.63) is 35.1 Å². The van der Waals surface area contributed by atoms with Gasteiger partial charge in [0.1, 0.15) is 5.82 Å². The van der Waals surface area contributed by atoms with Crippen LogP contribution in [0.25, 0.3) is 0 Å². The molecule has 0 amide bonds. The maximum absolute atomic E-state index is 13.4. The summed E-state index contributed by atoms with van der Waals surface area (Å²) in [6, 6.07) is 5.30. The van der Waals surface area contributed by atoms with Crippen LogP contribution in [0.1, 0.15) is 11.1 Å². The van der Waals surface area contributed by atoms with E-state index in [1.807, 2.05) is 12.1 Å². The summed E-state index contributed by atoms with van der Waals surface area (Å²) in [7, 11) is 4.22. The predicted molar refractivity (Wildman–Crippen MR) is 84.6 cm³/mol. The van der Waals surface area contributed by atoms with E-state index in [2.05, 4.69) is 28.8 Å². The summed E-state index contributed by atoms with van der Waals surface area (Å²) in [6.45, 7) is 7.75. The Morgan fingerprint density at radius 2 is 1.81 bits per heavy atom. The summed E-state index contributed by atoms with van der Waals surface area (Å²) < 4.78 is 13.4. The fourth-order valence-electron chi connectivity index (χ4n) is 2.65. The van der Waals surface area contributed by atoms with Gasteiger partial charge in [0.15, 0.2) is 0 Å². The topological polar surface area (TPSA) is 35.7 Å². The number of hydrogen-bond donors (Lipinski definition) is 1. The number of hydrogen-bond acceptors (Lipinski definition) is 4. The standard InChI is InChI=1S/C16H27FN4/c1-19(2)5-6-20-7-9-21(10-8-20)13-14-3-4-16(17)15(11-14)12-18/h3-4,11H,5-10,12-13,18H2,1-2H3. The second kappa shape index (κ2) is 7.84. The average molecular weight is 294 g/mol. The fourth-order valence-corrected chi connectivity index (χ4v) is 2.65. The van der Waals surface area contributed by atoms with E-state index in [-0.39, 0.29) is 12.4 Å². The molecule has 1 fully saturated rings. The zero-order chi connectivity index (χ0) is 15.2. The molecule has 2 N–H and O–H groups in total. The van der Waals surface area contributed by atoms with Gasteiger partial charge in [0.05, 0.1) is 0 Å². The highest BCUT2D eigenvalue weighted by Crippen LogP contribution is 2.13. The Labute approximate surface area is 127 Å². The van der Waals surface area contributed by atoms with Gasteiger partial charge in [0.25, 0.3) is 0 Å². The molecule has 0 radical (unpaired) electrons. The van der Waals surface area contributed by atoms with E-state index in [4.69, 9.17) is 5.73 Å². The molecule has 0 unspecified atom stereocenters. The smallest absolute Gasteiger partial charge is 0.127 e. The van der Waals surface area contributed by atoms with E-state index in [9.17, 15) is 4.39 Å². The van der Waals surface area contributed by atoms with Crippen molar-refractivity contribution < 1.29 is 4.39 Å². The van der Waals surface area contributed by atoms with Gasteiger partial charge in [-0.15, -0.1) is 0 Å². The number of nitrogens with zero attached hydrogens (tertiary/aromatic N) is 3. The van der Waals surface area contributed by atoms with Crippen molar-refractivity contribution in [1.29, 1.82) is 0 Å². The zero-order valence-corrected chi connectivity index (χ0v) is 13.2. The van der Waals surface area contributed by atoms with E-state index >= 15 is 0 Å². The van der Waals surface area contributed by atoms with Gasteiger partial charge in [-0.1, -0.05) is 12.1 Å². The normalized spacial score (nSPS) is 17.6. The maximum Gasteiger partial charge on any atom is 0.127 e. The number of benzene rings is 1. The number of piperazine rings is 1. The lowest BCUT2D eigenvalue weighted by atomic mass is 10.1. The van der Waals surface area contributed by atoms with Crippen molar-refractivity contribution in [3.8, 4) is 0 Å². The molecule has 0 aromatic heterocycles. The second-order valence-corrected chi connectivity index (χ2v) is 6.05. The lowest BCUT2D eigenvalue weighted by Gasteiger charge is -2.35. The van der Waals surface area contributed by atoms with Crippen molar-refractivity contribution in [2.45, 2.75) is 13.1 Å². The van der Waals surface area contributed by atoms with Crippen molar-refractivity contribution in [2.75, 3.05) is 53.4 Å². The molecule has 2 rings (SSSR count). The summed E-state index contributed by atoms with van der Waals surface area (Å²) in [4.78, 5) is 7.16. The van der Waals surface area contributed by atoms with E-state index in [0.29, 0.717) is 5.56 Å². The van der Waals surface area contributed by atoms with Crippen LogP contribution in [0, 0.1) is 5.82 Å². The van der Waals surface area contributed by atoms with Gasteiger partial charge in [-0.2, -0.15) is 0 Å². The molecule has 0 spiro atoms. The van der Waals surface area contributed by atoms with Gasteiger partial charge in [-0.25, -0.2) is 4.39 Å². The molecule has 118 valence electrons. The third kappa shape index (κ3) is 5.04. The predicted octanol–water partition coefficient (Wildman–Crippen LogP) is 0.964. The first-order valence-corrected chi connectivity index (χ1v) is 7.65. The molecule has 0 atom stereocenters. The minimum atomic E-state index is -0.199. The van der Waals surface area contributed by atoms with Gasteiger partial charge in [0, 0.05) is 57.9 Å². The minimum Gasteiger partial charge on any atom is -0.326 e. The molecule has 1 aliphatic heterocycles. The Bertz CT molecular complexity index is 442. The van der Waals surface area contributed by atoms with Gasteiger partial charge >= 0.3 is 0 Å². The van der Waals surface area contributed by atoms with E-state index in [1.165, 1.54) is 6.07 Å². The van der Waals surface area contributed by atoms with E-state index < -0.39 is 0 Å². The second-order valence-electron chi connectivity index (χ2n) is 6.05. The van der Waals surface area contributed by atoms with Gasteiger partial charge < -0.3 is 10.6 Å². The Morgan fingerprint density at radius 3 is 2.43 bits per heavy atom. The van der Waals surface area contributed by atoms with Crippen LogP contribution in [0.15, 0.2) is 18.2 Å². The largest absolute Gasteiger partial charge is 0.326 e. The van der Waals surface area contributed by atoms with Crippen LogP contribution in [-0.4, -0.2) is 68.1 Å². The molecule has 1 aliphatic rings. The zero-order valence-electron chi connectivity index (χ0n) is 13.2. The van der Waals surface area contributed by atoms with Crippen molar-refractivity contribution in [1.82, 2.24) is 14.7 Å². The number of rotatable bonds is 6. The Kier molecular flexibility index (Phi) is 6.11. The van der Waals surface area contributed by atoms with Crippen molar-refractivity contribution in [3.63, 3.8) is 0 Å². The van der Waals surface area contributed by atoms with Gasteiger partial charge in [-0.3, -0.25) is 9.80 Å². The molecule has 5 heteroatoms. The number of nitrogens with two attached hydrogens (primary N) is 1. The summed E-state index contributed by atoms with van der Waals surface area (Å²) in [5, 5.41) is 0. The Hall–Kier alpha value is -1.01. The molecule has 0 bridgehead atoms. The number of halogens is 1. The molecular weight excluding hydrogens is 267 g/mol. The average Bonchev–Trinajstić information content (AvgIpc) is 2.48. The lowest BCUT2D eigenvalue weighted by molar-refractivity contribution is 0.120. The Balaban J connectivity index is 1.80.